The average Bonchev–Trinajstić information content (AvgIpc) is 2.41. The lowest BCUT2D eigenvalue weighted by Crippen LogP contribution is -2.43. The molecule has 0 saturated carbocycles. The first-order valence-corrected chi connectivity index (χ1v) is 7.28. The summed E-state index contributed by atoms with van der Waals surface area (Å²) in [6.45, 7) is 2.74. The summed E-state index contributed by atoms with van der Waals surface area (Å²) < 4.78 is 0. The maximum atomic E-state index is 12.6. The zero-order valence-corrected chi connectivity index (χ0v) is 11.6. The van der Waals surface area contributed by atoms with E-state index in [4.69, 9.17) is 0 Å². The smallest absolute Gasteiger partial charge is 0.243 e. The molecule has 1 atom stereocenters. The Labute approximate surface area is 116 Å². The van der Waals surface area contributed by atoms with Gasteiger partial charge in [0.15, 0.2) is 0 Å². The van der Waals surface area contributed by atoms with Gasteiger partial charge in [-0.25, -0.2) is 0 Å². The summed E-state index contributed by atoms with van der Waals surface area (Å²) in [4.78, 5) is 26.7. The molecule has 2 aliphatic heterocycles. The van der Waals surface area contributed by atoms with Crippen LogP contribution in [-0.4, -0.2) is 22.5 Å². The quantitative estimate of drug-likeness (QED) is 0.738. The number of nitrogens with zero attached hydrogens (tertiary/aromatic N) is 1. The number of benzene rings is 1. The molecule has 0 N–H and O–H groups in total. The number of amides is 1. The van der Waals surface area contributed by atoms with Gasteiger partial charge in [-0.3, -0.25) is 9.59 Å². The summed E-state index contributed by atoms with van der Waals surface area (Å²) >= 11 is 1.23. The fourth-order valence-electron chi connectivity index (χ4n) is 2.63. The molecule has 1 amide bonds. The second-order valence-electron chi connectivity index (χ2n) is 4.94. The van der Waals surface area contributed by atoms with Crippen molar-refractivity contribution in [1.82, 2.24) is 4.90 Å². The van der Waals surface area contributed by atoms with E-state index in [1.54, 1.807) is 4.90 Å². The highest BCUT2D eigenvalue weighted by Crippen LogP contribution is 2.41. The third-order valence-corrected chi connectivity index (χ3v) is 4.82. The molecule has 98 valence electrons. The van der Waals surface area contributed by atoms with Gasteiger partial charge in [0, 0.05) is 6.54 Å². The first-order chi connectivity index (χ1) is 9.18. The van der Waals surface area contributed by atoms with Gasteiger partial charge in [-0.15, -0.1) is 0 Å². The van der Waals surface area contributed by atoms with E-state index in [-0.39, 0.29) is 11.0 Å². The van der Waals surface area contributed by atoms with E-state index in [2.05, 4.69) is 0 Å². The first kappa shape index (κ1) is 12.5. The van der Waals surface area contributed by atoms with Crippen LogP contribution < -0.4 is 0 Å². The first-order valence-electron chi connectivity index (χ1n) is 6.46. The zero-order valence-electron chi connectivity index (χ0n) is 10.8. The standard InChI is InChI=1S/C15H15NO2S/c1-10-6-5-9-16-13(17)12(15(18)19-14(10)16)11-7-3-2-4-8-11/h2-4,7-8,12H,5-6,9H2,1H3. The molecule has 0 spiro atoms. The molecule has 1 aromatic rings. The summed E-state index contributed by atoms with van der Waals surface area (Å²) in [5.41, 5.74) is 1.96. The number of rotatable bonds is 1. The van der Waals surface area contributed by atoms with Crippen molar-refractivity contribution in [1.29, 1.82) is 0 Å². The van der Waals surface area contributed by atoms with Crippen molar-refractivity contribution in [3.63, 3.8) is 0 Å². The predicted octanol–water partition coefficient (Wildman–Crippen LogP) is 2.90. The molecule has 0 radical (unpaired) electrons. The van der Waals surface area contributed by atoms with Crippen LogP contribution in [0.25, 0.3) is 0 Å². The van der Waals surface area contributed by atoms with Gasteiger partial charge in [-0.2, -0.15) is 0 Å². The molecule has 1 fully saturated rings. The van der Waals surface area contributed by atoms with Crippen molar-refractivity contribution < 1.29 is 9.59 Å². The van der Waals surface area contributed by atoms with Crippen LogP contribution >= 0.6 is 11.8 Å². The Morgan fingerprint density at radius 2 is 1.95 bits per heavy atom. The van der Waals surface area contributed by atoms with Crippen molar-refractivity contribution in [2.45, 2.75) is 25.7 Å². The summed E-state index contributed by atoms with van der Waals surface area (Å²) in [6.07, 6.45) is 1.97. The number of thioether (sulfide) groups is 1. The molecule has 0 aromatic heterocycles. The third kappa shape index (κ3) is 2.10. The van der Waals surface area contributed by atoms with Gasteiger partial charge in [0.25, 0.3) is 0 Å². The van der Waals surface area contributed by atoms with Crippen molar-refractivity contribution >= 4 is 22.8 Å². The highest BCUT2D eigenvalue weighted by atomic mass is 32.2. The molecular formula is C15H15NO2S. The van der Waals surface area contributed by atoms with Crippen LogP contribution in [0.1, 0.15) is 31.2 Å². The lowest BCUT2D eigenvalue weighted by atomic mass is 9.97. The number of carbonyl (C=O) groups excluding carboxylic acids is 2. The fraction of sp³-hybridized carbons (Fsp3) is 0.333. The Kier molecular flexibility index (Phi) is 3.19. The molecule has 0 bridgehead atoms. The molecule has 3 nitrogen and oxygen atoms in total. The van der Waals surface area contributed by atoms with Gasteiger partial charge >= 0.3 is 0 Å². The maximum absolute atomic E-state index is 12.6. The minimum atomic E-state index is -0.638. The molecule has 4 heteroatoms. The lowest BCUT2D eigenvalue weighted by molar-refractivity contribution is -0.134. The zero-order chi connectivity index (χ0) is 13.4. The van der Waals surface area contributed by atoms with Crippen LogP contribution in [0, 0.1) is 0 Å². The fourth-order valence-corrected chi connectivity index (χ4v) is 3.74. The van der Waals surface area contributed by atoms with Crippen LogP contribution in [0.5, 0.6) is 0 Å². The largest absolute Gasteiger partial charge is 0.306 e. The van der Waals surface area contributed by atoms with Gasteiger partial charge in [0.05, 0.1) is 5.03 Å². The molecule has 1 saturated heterocycles. The average molecular weight is 273 g/mol. The second kappa shape index (κ2) is 4.85. The van der Waals surface area contributed by atoms with Gasteiger partial charge in [0.1, 0.15) is 5.92 Å². The number of hydrogen-bond donors (Lipinski definition) is 0. The molecule has 19 heavy (non-hydrogen) atoms. The van der Waals surface area contributed by atoms with Gasteiger partial charge < -0.3 is 4.90 Å². The molecule has 2 heterocycles. The van der Waals surface area contributed by atoms with E-state index < -0.39 is 5.92 Å². The topological polar surface area (TPSA) is 37.4 Å². The Morgan fingerprint density at radius 1 is 1.21 bits per heavy atom. The van der Waals surface area contributed by atoms with Crippen molar-refractivity contribution in [3.8, 4) is 0 Å². The number of hydrogen-bond acceptors (Lipinski definition) is 3. The monoisotopic (exact) mass is 273 g/mol. The Bertz CT molecular complexity index is 565. The summed E-state index contributed by atoms with van der Waals surface area (Å²) in [5.74, 6) is -0.704. The normalized spacial score (nSPS) is 23.6. The lowest BCUT2D eigenvalue weighted by Gasteiger charge is -2.36. The maximum Gasteiger partial charge on any atom is 0.243 e. The summed E-state index contributed by atoms with van der Waals surface area (Å²) in [5, 5.41) is 0.817. The van der Waals surface area contributed by atoms with Crippen LogP contribution in [0.4, 0.5) is 0 Å². The highest BCUT2D eigenvalue weighted by Gasteiger charge is 2.41. The van der Waals surface area contributed by atoms with E-state index >= 15 is 0 Å². The molecular weight excluding hydrogens is 258 g/mol. The minimum absolute atomic E-state index is 0.0521. The summed E-state index contributed by atoms with van der Waals surface area (Å²) in [7, 11) is 0. The third-order valence-electron chi connectivity index (χ3n) is 3.62. The van der Waals surface area contributed by atoms with Crippen LogP contribution in [0.2, 0.25) is 0 Å². The Balaban J connectivity index is 2.00. The second-order valence-corrected chi connectivity index (χ2v) is 5.94. The van der Waals surface area contributed by atoms with Gasteiger partial charge in [-0.05, 0) is 42.7 Å². The van der Waals surface area contributed by atoms with Crippen LogP contribution in [-0.2, 0) is 9.59 Å². The van der Waals surface area contributed by atoms with Gasteiger partial charge in [0.2, 0.25) is 11.0 Å². The number of carbonyl (C=O) groups is 2. The predicted molar refractivity (Wildman–Crippen MR) is 75.4 cm³/mol. The minimum Gasteiger partial charge on any atom is -0.306 e. The summed E-state index contributed by atoms with van der Waals surface area (Å²) in [6, 6.07) is 9.34. The Morgan fingerprint density at radius 3 is 2.68 bits per heavy atom. The van der Waals surface area contributed by atoms with Crippen molar-refractivity contribution in [3.05, 3.63) is 46.5 Å². The molecule has 3 rings (SSSR count). The molecule has 0 aliphatic carbocycles. The van der Waals surface area contributed by atoms with E-state index in [0.29, 0.717) is 0 Å². The van der Waals surface area contributed by atoms with E-state index in [1.807, 2.05) is 37.3 Å². The molecule has 2 aliphatic rings. The highest BCUT2D eigenvalue weighted by molar-refractivity contribution is 8.17. The number of fused-ring (bicyclic) bond motifs is 1. The van der Waals surface area contributed by atoms with Crippen molar-refractivity contribution in [2.24, 2.45) is 0 Å². The molecule has 1 unspecified atom stereocenters. The van der Waals surface area contributed by atoms with Crippen LogP contribution in [0.15, 0.2) is 40.9 Å². The van der Waals surface area contributed by atoms with E-state index in [0.717, 1.165) is 35.6 Å². The van der Waals surface area contributed by atoms with Crippen molar-refractivity contribution in [2.75, 3.05) is 6.54 Å². The molecule has 1 aromatic carbocycles. The Hall–Kier alpha value is -1.55. The van der Waals surface area contributed by atoms with E-state index in [1.165, 1.54) is 11.8 Å². The number of allylic oxidation sites excluding steroid dienone is 1. The SMILES string of the molecule is CC1=C2SC(=O)C(c3ccccc3)C(=O)N2CCC1. The van der Waals surface area contributed by atoms with Gasteiger partial charge in [-0.1, -0.05) is 30.3 Å². The van der Waals surface area contributed by atoms with Crippen LogP contribution in [0.3, 0.4) is 0 Å². The van der Waals surface area contributed by atoms with E-state index in [9.17, 15) is 9.59 Å².